The minimum Gasteiger partial charge on any atom is -0.354 e. The maximum atomic E-state index is 4.58. The van der Waals surface area contributed by atoms with E-state index in [0.717, 1.165) is 41.1 Å². The van der Waals surface area contributed by atoms with Crippen molar-refractivity contribution in [1.82, 2.24) is 40.1 Å². The summed E-state index contributed by atoms with van der Waals surface area (Å²) in [4.78, 5) is 16.5. The number of aromatic amines is 1. The Labute approximate surface area is 137 Å². The van der Waals surface area contributed by atoms with Crippen LogP contribution < -0.4 is 5.32 Å². The highest BCUT2D eigenvalue weighted by Gasteiger charge is 2.08. The molecule has 0 aliphatic carbocycles. The number of benzene rings is 1. The Bertz CT molecular complexity index is 941. The lowest BCUT2D eigenvalue weighted by Crippen LogP contribution is -2.03. The zero-order valence-corrected chi connectivity index (χ0v) is 13.0. The summed E-state index contributed by atoms with van der Waals surface area (Å²) in [5, 5.41) is 14.3. The maximum absolute atomic E-state index is 4.58. The van der Waals surface area contributed by atoms with Crippen LogP contribution in [-0.4, -0.2) is 46.7 Å². The van der Waals surface area contributed by atoms with Crippen LogP contribution in [-0.2, 0) is 0 Å². The van der Waals surface area contributed by atoms with Crippen LogP contribution in [0.15, 0.2) is 36.9 Å². The van der Waals surface area contributed by atoms with Crippen molar-refractivity contribution >= 4 is 17.0 Å². The molecule has 9 heteroatoms. The van der Waals surface area contributed by atoms with Gasteiger partial charge in [-0.2, -0.15) is 0 Å². The van der Waals surface area contributed by atoms with Crippen molar-refractivity contribution in [3.63, 3.8) is 0 Å². The fourth-order valence-electron chi connectivity index (χ4n) is 2.33. The second-order valence-electron chi connectivity index (χ2n) is 5.26. The molecule has 0 amide bonds. The van der Waals surface area contributed by atoms with Crippen LogP contribution in [0.25, 0.3) is 28.1 Å². The van der Waals surface area contributed by atoms with Gasteiger partial charge in [0.25, 0.3) is 0 Å². The monoisotopic (exact) mass is 321 g/mol. The molecule has 0 atom stereocenters. The first-order valence-corrected chi connectivity index (χ1v) is 7.63. The summed E-state index contributed by atoms with van der Waals surface area (Å²) in [6, 6.07) is 5.78. The Morgan fingerprint density at radius 2 is 2.08 bits per heavy atom. The highest BCUT2D eigenvalue weighted by Crippen LogP contribution is 2.21. The van der Waals surface area contributed by atoms with Crippen LogP contribution in [0.2, 0.25) is 0 Å². The Morgan fingerprint density at radius 1 is 1.21 bits per heavy atom. The van der Waals surface area contributed by atoms with Gasteiger partial charge in [-0.05, 0) is 35.0 Å². The molecule has 24 heavy (non-hydrogen) atoms. The summed E-state index contributed by atoms with van der Waals surface area (Å²) in [6.45, 7) is 2.95. The van der Waals surface area contributed by atoms with E-state index in [9.17, 15) is 0 Å². The van der Waals surface area contributed by atoms with Crippen molar-refractivity contribution in [1.29, 1.82) is 0 Å². The van der Waals surface area contributed by atoms with Gasteiger partial charge in [0.2, 0.25) is 5.95 Å². The lowest BCUT2D eigenvalue weighted by molar-refractivity contribution is 0.790. The number of fused-ring (bicyclic) bond motifs is 1. The number of aromatic nitrogens is 8. The van der Waals surface area contributed by atoms with Crippen LogP contribution in [0.4, 0.5) is 5.95 Å². The molecular weight excluding hydrogens is 306 g/mol. The number of anilines is 1. The second-order valence-corrected chi connectivity index (χ2v) is 5.26. The van der Waals surface area contributed by atoms with Gasteiger partial charge in [-0.1, -0.05) is 6.92 Å². The summed E-state index contributed by atoms with van der Waals surface area (Å²) in [7, 11) is 0. The van der Waals surface area contributed by atoms with Crippen molar-refractivity contribution in [3.05, 3.63) is 36.9 Å². The van der Waals surface area contributed by atoms with E-state index in [4.69, 9.17) is 0 Å². The predicted molar refractivity (Wildman–Crippen MR) is 88.6 cm³/mol. The van der Waals surface area contributed by atoms with E-state index in [2.05, 4.69) is 47.7 Å². The molecule has 0 spiro atoms. The minimum absolute atomic E-state index is 0.623. The SMILES string of the molecule is CCCNc1ncc(-c2nc3ccc(-n4cnnn4)cc3[nH]2)cn1. The summed E-state index contributed by atoms with van der Waals surface area (Å²) in [5.41, 5.74) is 3.44. The molecule has 0 unspecified atom stereocenters. The molecule has 0 bridgehead atoms. The number of nitrogens with zero attached hydrogens (tertiary/aromatic N) is 7. The molecule has 0 aliphatic rings. The summed E-state index contributed by atoms with van der Waals surface area (Å²) < 4.78 is 1.59. The molecule has 4 aromatic rings. The number of H-pyrrole nitrogens is 1. The van der Waals surface area contributed by atoms with Crippen LogP contribution in [0.1, 0.15) is 13.3 Å². The number of rotatable bonds is 5. The first-order chi connectivity index (χ1) is 11.8. The van der Waals surface area contributed by atoms with Crippen molar-refractivity contribution in [2.45, 2.75) is 13.3 Å². The molecule has 4 rings (SSSR count). The number of hydrogen-bond donors (Lipinski definition) is 2. The topological polar surface area (TPSA) is 110 Å². The molecule has 9 nitrogen and oxygen atoms in total. The van der Waals surface area contributed by atoms with E-state index in [-0.39, 0.29) is 0 Å². The maximum Gasteiger partial charge on any atom is 0.222 e. The molecule has 3 heterocycles. The summed E-state index contributed by atoms with van der Waals surface area (Å²) >= 11 is 0. The van der Waals surface area contributed by atoms with Gasteiger partial charge in [0.1, 0.15) is 12.2 Å². The first-order valence-electron chi connectivity index (χ1n) is 7.63. The van der Waals surface area contributed by atoms with Gasteiger partial charge in [0.15, 0.2) is 0 Å². The summed E-state index contributed by atoms with van der Waals surface area (Å²) in [6.07, 6.45) is 6.09. The third-order valence-corrected chi connectivity index (χ3v) is 3.54. The van der Waals surface area contributed by atoms with Crippen molar-refractivity contribution < 1.29 is 0 Å². The molecule has 0 radical (unpaired) electrons. The minimum atomic E-state index is 0.623. The average molecular weight is 321 g/mol. The van der Waals surface area contributed by atoms with Gasteiger partial charge < -0.3 is 10.3 Å². The largest absolute Gasteiger partial charge is 0.354 e. The Kier molecular flexibility index (Phi) is 3.58. The van der Waals surface area contributed by atoms with Crippen LogP contribution in [0, 0.1) is 0 Å². The Balaban J connectivity index is 1.65. The lowest BCUT2D eigenvalue weighted by Gasteiger charge is -2.02. The molecule has 0 fully saturated rings. The third-order valence-electron chi connectivity index (χ3n) is 3.54. The van der Waals surface area contributed by atoms with Gasteiger partial charge in [-0.3, -0.25) is 0 Å². The molecule has 2 N–H and O–H groups in total. The molecular formula is C15H15N9. The quantitative estimate of drug-likeness (QED) is 0.577. The van der Waals surface area contributed by atoms with Crippen LogP contribution in [0.5, 0.6) is 0 Å². The Hall–Kier alpha value is -3.36. The molecule has 0 aliphatic heterocycles. The van der Waals surface area contributed by atoms with Crippen LogP contribution in [0.3, 0.4) is 0 Å². The average Bonchev–Trinajstić information content (AvgIpc) is 3.29. The van der Waals surface area contributed by atoms with E-state index >= 15 is 0 Å². The highest BCUT2D eigenvalue weighted by molar-refractivity contribution is 5.81. The van der Waals surface area contributed by atoms with E-state index in [1.54, 1.807) is 23.4 Å². The number of tetrazole rings is 1. The van der Waals surface area contributed by atoms with Crippen molar-refractivity contribution in [3.8, 4) is 17.1 Å². The molecule has 0 saturated carbocycles. The zero-order valence-electron chi connectivity index (χ0n) is 13.0. The molecule has 3 aromatic heterocycles. The normalized spacial score (nSPS) is 11.0. The molecule has 0 saturated heterocycles. The van der Waals surface area contributed by atoms with Crippen LogP contribution >= 0.6 is 0 Å². The lowest BCUT2D eigenvalue weighted by atomic mass is 10.3. The number of hydrogen-bond acceptors (Lipinski definition) is 7. The van der Waals surface area contributed by atoms with E-state index in [1.165, 1.54) is 0 Å². The summed E-state index contributed by atoms with van der Waals surface area (Å²) in [5.74, 6) is 1.35. The van der Waals surface area contributed by atoms with Crippen molar-refractivity contribution in [2.24, 2.45) is 0 Å². The van der Waals surface area contributed by atoms with Gasteiger partial charge in [-0.15, -0.1) is 5.10 Å². The van der Waals surface area contributed by atoms with Gasteiger partial charge in [0, 0.05) is 18.9 Å². The van der Waals surface area contributed by atoms with E-state index < -0.39 is 0 Å². The number of imidazole rings is 1. The third kappa shape index (κ3) is 2.67. The van der Waals surface area contributed by atoms with E-state index in [1.807, 2.05) is 18.2 Å². The smallest absolute Gasteiger partial charge is 0.222 e. The first kappa shape index (κ1) is 14.2. The van der Waals surface area contributed by atoms with Gasteiger partial charge in [-0.25, -0.2) is 19.6 Å². The highest BCUT2D eigenvalue weighted by atomic mass is 15.5. The number of nitrogens with one attached hydrogen (secondary N) is 2. The fraction of sp³-hybridized carbons (Fsp3) is 0.200. The molecule has 1 aromatic carbocycles. The van der Waals surface area contributed by atoms with Gasteiger partial charge in [0.05, 0.1) is 22.3 Å². The zero-order chi connectivity index (χ0) is 16.4. The second kappa shape index (κ2) is 6.03. The van der Waals surface area contributed by atoms with E-state index in [0.29, 0.717) is 5.95 Å². The predicted octanol–water partition coefficient (Wildman–Crippen LogP) is 1.82. The standard InChI is InChI=1S/C15H15N9/c1-2-5-16-15-17-7-10(8-18-15)14-20-12-4-3-11(6-13(12)21-14)24-9-19-22-23-24/h3-4,6-9H,2,5H2,1H3,(H,20,21)(H,16,17,18). The Morgan fingerprint density at radius 3 is 2.83 bits per heavy atom. The van der Waals surface area contributed by atoms with Gasteiger partial charge >= 0.3 is 0 Å². The fourth-order valence-corrected chi connectivity index (χ4v) is 2.33. The van der Waals surface area contributed by atoms with Crippen molar-refractivity contribution in [2.75, 3.05) is 11.9 Å². The molecule has 120 valence electrons.